The Kier molecular flexibility index (Phi) is 5.05. The van der Waals surface area contributed by atoms with E-state index in [1.54, 1.807) is 30.3 Å². The van der Waals surface area contributed by atoms with Crippen LogP contribution in [0, 0.1) is 18.3 Å². The average molecular weight is 326 g/mol. The molecule has 0 saturated carbocycles. The molecule has 124 valence electrons. The maximum atomic E-state index is 12.7. The highest BCUT2D eigenvalue weighted by Crippen LogP contribution is 2.25. The smallest absolute Gasteiger partial charge is 0.271 e. The molecule has 2 rings (SSSR count). The second-order valence-corrected chi connectivity index (χ2v) is 5.38. The van der Waals surface area contributed by atoms with E-state index < -0.39 is 17.2 Å². The maximum absolute atomic E-state index is 12.7. The molecule has 0 bridgehead atoms. The standard InChI is InChI=1S/C18H18N2O4/c1-4-9-24-13-7-5-12(6-8-13)16(21)15-11(2)14(10-19)17(22)20(3)18(15)23/h5-8,23H,4,9H2,1-3H3. The number of ketones is 1. The molecule has 24 heavy (non-hydrogen) atoms. The van der Waals surface area contributed by atoms with Gasteiger partial charge in [-0.15, -0.1) is 0 Å². The number of ether oxygens (including phenoxy) is 1. The third kappa shape index (κ3) is 3.01. The number of aromatic hydroxyl groups is 1. The van der Waals surface area contributed by atoms with E-state index in [0.29, 0.717) is 17.9 Å². The van der Waals surface area contributed by atoms with Crippen LogP contribution in [0.1, 0.15) is 40.4 Å². The average Bonchev–Trinajstić information content (AvgIpc) is 2.59. The third-order valence-electron chi connectivity index (χ3n) is 3.74. The van der Waals surface area contributed by atoms with Crippen LogP contribution in [0.15, 0.2) is 29.1 Å². The van der Waals surface area contributed by atoms with E-state index >= 15 is 0 Å². The first-order valence-electron chi connectivity index (χ1n) is 7.52. The molecule has 0 unspecified atom stereocenters. The van der Waals surface area contributed by atoms with Gasteiger partial charge >= 0.3 is 0 Å². The molecule has 1 heterocycles. The first kappa shape index (κ1) is 17.3. The zero-order valence-corrected chi connectivity index (χ0v) is 13.8. The summed E-state index contributed by atoms with van der Waals surface area (Å²) in [7, 11) is 1.32. The SMILES string of the molecule is CCCOc1ccc(C(=O)c2c(C)c(C#N)c(=O)n(C)c2O)cc1. The fraction of sp³-hybridized carbons (Fsp3) is 0.278. The highest BCUT2D eigenvalue weighted by Gasteiger charge is 2.23. The highest BCUT2D eigenvalue weighted by molar-refractivity contribution is 6.11. The Morgan fingerprint density at radius 1 is 1.33 bits per heavy atom. The summed E-state index contributed by atoms with van der Waals surface area (Å²) in [6.45, 7) is 4.06. The molecule has 6 nitrogen and oxygen atoms in total. The number of rotatable bonds is 5. The van der Waals surface area contributed by atoms with Crippen LogP contribution in [0.4, 0.5) is 0 Å². The topological polar surface area (TPSA) is 92.3 Å². The summed E-state index contributed by atoms with van der Waals surface area (Å²) in [5.74, 6) is -0.264. The Bertz CT molecular complexity index is 874. The van der Waals surface area contributed by atoms with Gasteiger partial charge in [-0.2, -0.15) is 5.26 Å². The summed E-state index contributed by atoms with van der Waals surface area (Å²) < 4.78 is 6.37. The fourth-order valence-corrected chi connectivity index (χ4v) is 2.36. The number of carbonyl (C=O) groups excluding carboxylic acids is 1. The van der Waals surface area contributed by atoms with E-state index in [0.717, 1.165) is 11.0 Å². The maximum Gasteiger partial charge on any atom is 0.271 e. The molecule has 2 aromatic rings. The molecule has 0 radical (unpaired) electrons. The van der Waals surface area contributed by atoms with Crippen molar-refractivity contribution in [3.63, 3.8) is 0 Å². The van der Waals surface area contributed by atoms with Crippen molar-refractivity contribution in [1.29, 1.82) is 5.26 Å². The molecule has 0 aliphatic rings. The largest absolute Gasteiger partial charge is 0.494 e. The number of hydrogen-bond donors (Lipinski definition) is 1. The lowest BCUT2D eigenvalue weighted by Crippen LogP contribution is -2.24. The van der Waals surface area contributed by atoms with Crippen LogP contribution in [0.2, 0.25) is 0 Å². The Hall–Kier alpha value is -3.07. The second-order valence-electron chi connectivity index (χ2n) is 5.38. The van der Waals surface area contributed by atoms with Crippen LogP contribution >= 0.6 is 0 Å². The van der Waals surface area contributed by atoms with Gasteiger partial charge in [0.05, 0.1) is 12.2 Å². The summed E-state index contributed by atoms with van der Waals surface area (Å²) in [4.78, 5) is 24.7. The molecule has 1 aromatic carbocycles. The monoisotopic (exact) mass is 326 g/mol. The van der Waals surface area contributed by atoms with Gasteiger partial charge in [-0.25, -0.2) is 0 Å². The lowest BCUT2D eigenvalue weighted by atomic mass is 9.97. The minimum Gasteiger partial charge on any atom is -0.494 e. The van der Waals surface area contributed by atoms with Gasteiger partial charge in [0.2, 0.25) is 5.88 Å². The van der Waals surface area contributed by atoms with Gasteiger partial charge in [0.15, 0.2) is 5.78 Å². The van der Waals surface area contributed by atoms with Gasteiger partial charge in [0, 0.05) is 12.6 Å². The van der Waals surface area contributed by atoms with E-state index in [-0.39, 0.29) is 16.7 Å². The fourth-order valence-electron chi connectivity index (χ4n) is 2.36. The number of carbonyl (C=O) groups is 1. The first-order chi connectivity index (χ1) is 11.4. The number of nitriles is 1. The van der Waals surface area contributed by atoms with E-state index in [1.165, 1.54) is 14.0 Å². The number of aromatic nitrogens is 1. The zero-order valence-electron chi connectivity index (χ0n) is 13.8. The molecule has 0 saturated heterocycles. The molecule has 1 N–H and O–H groups in total. The lowest BCUT2D eigenvalue weighted by Gasteiger charge is -2.12. The van der Waals surface area contributed by atoms with Crippen molar-refractivity contribution in [1.82, 2.24) is 4.57 Å². The van der Waals surface area contributed by atoms with Crippen molar-refractivity contribution in [3.05, 3.63) is 56.9 Å². The van der Waals surface area contributed by atoms with Crippen molar-refractivity contribution >= 4 is 5.78 Å². The van der Waals surface area contributed by atoms with Crippen LogP contribution in [-0.2, 0) is 7.05 Å². The normalized spacial score (nSPS) is 10.2. The number of hydrogen-bond acceptors (Lipinski definition) is 5. The second kappa shape index (κ2) is 7.01. The summed E-state index contributed by atoms with van der Waals surface area (Å²) in [6, 6.07) is 8.31. The molecule has 6 heteroatoms. The molecule has 0 spiro atoms. The van der Waals surface area contributed by atoms with Gasteiger partial charge in [0.1, 0.15) is 17.4 Å². The van der Waals surface area contributed by atoms with E-state index in [2.05, 4.69) is 0 Å². The molecule has 0 atom stereocenters. The molecule has 0 fully saturated rings. The Balaban J connectivity index is 2.49. The summed E-state index contributed by atoms with van der Waals surface area (Å²) in [5, 5.41) is 19.3. The van der Waals surface area contributed by atoms with Crippen LogP contribution in [0.25, 0.3) is 0 Å². The Labute approximate surface area is 139 Å². The van der Waals surface area contributed by atoms with Crippen LogP contribution < -0.4 is 10.3 Å². The summed E-state index contributed by atoms with van der Waals surface area (Å²) in [6.07, 6.45) is 0.878. The van der Waals surface area contributed by atoms with E-state index in [4.69, 9.17) is 10.00 Å². The van der Waals surface area contributed by atoms with Gasteiger partial charge < -0.3 is 9.84 Å². The van der Waals surface area contributed by atoms with Crippen molar-refractivity contribution in [3.8, 4) is 17.7 Å². The van der Waals surface area contributed by atoms with Crippen molar-refractivity contribution in [2.75, 3.05) is 6.61 Å². The van der Waals surface area contributed by atoms with E-state index in [9.17, 15) is 14.7 Å². The van der Waals surface area contributed by atoms with E-state index in [1.807, 2.05) is 6.92 Å². The Morgan fingerprint density at radius 3 is 2.50 bits per heavy atom. The zero-order chi connectivity index (χ0) is 17.9. The lowest BCUT2D eigenvalue weighted by molar-refractivity contribution is 0.103. The predicted molar refractivity (Wildman–Crippen MR) is 88.5 cm³/mol. The van der Waals surface area contributed by atoms with Crippen LogP contribution in [0.3, 0.4) is 0 Å². The van der Waals surface area contributed by atoms with Crippen molar-refractivity contribution in [2.24, 2.45) is 7.05 Å². The van der Waals surface area contributed by atoms with Crippen molar-refractivity contribution in [2.45, 2.75) is 20.3 Å². The molecular weight excluding hydrogens is 308 g/mol. The van der Waals surface area contributed by atoms with Crippen LogP contribution in [0.5, 0.6) is 11.6 Å². The van der Waals surface area contributed by atoms with Crippen molar-refractivity contribution < 1.29 is 14.6 Å². The molecule has 1 aromatic heterocycles. The third-order valence-corrected chi connectivity index (χ3v) is 3.74. The minimum atomic E-state index is -0.632. The number of benzene rings is 1. The van der Waals surface area contributed by atoms with Gasteiger partial charge in [0.25, 0.3) is 5.56 Å². The quantitative estimate of drug-likeness (QED) is 0.851. The first-order valence-corrected chi connectivity index (χ1v) is 7.52. The van der Waals surface area contributed by atoms with Gasteiger partial charge in [-0.05, 0) is 43.2 Å². The Morgan fingerprint density at radius 2 is 1.96 bits per heavy atom. The summed E-state index contributed by atoms with van der Waals surface area (Å²) in [5.41, 5.74) is -0.320. The molecular formula is C18H18N2O4. The van der Waals surface area contributed by atoms with Gasteiger partial charge in [-0.1, -0.05) is 6.92 Å². The highest BCUT2D eigenvalue weighted by atomic mass is 16.5. The predicted octanol–water partition coefficient (Wildman–Crippen LogP) is 2.29. The van der Waals surface area contributed by atoms with Gasteiger partial charge in [-0.3, -0.25) is 14.2 Å². The molecule has 0 amide bonds. The number of nitrogens with zero attached hydrogens (tertiary/aromatic N) is 2. The van der Waals surface area contributed by atoms with Crippen LogP contribution in [-0.4, -0.2) is 22.1 Å². The minimum absolute atomic E-state index is 0.0455. The molecule has 0 aliphatic heterocycles. The summed E-state index contributed by atoms with van der Waals surface area (Å²) >= 11 is 0. The molecule has 0 aliphatic carbocycles. The number of pyridine rings is 1.